The molecule has 0 radical (unpaired) electrons. The van der Waals surface area contributed by atoms with Gasteiger partial charge in [0.2, 0.25) is 0 Å². The number of ether oxygens (including phenoxy) is 2. The van der Waals surface area contributed by atoms with Crippen molar-refractivity contribution in [2.75, 3.05) is 6.61 Å². The molecule has 0 spiro atoms. The zero-order valence-corrected chi connectivity index (χ0v) is 12.9. The molecule has 0 aliphatic heterocycles. The molecule has 2 N–H and O–H groups in total. The van der Waals surface area contributed by atoms with Gasteiger partial charge in [0, 0.05) is 5.56 Å². The van der Waals surface area contributed by atoms with E-state index in [-0.39, 0.29) is 6.61 Å². The molecule has 0 aliphatic carbocycles. The predicted octanol–water partition coefficient (Wildman–Crippen LogP) is 3.64. The van der Waals surface area contributed by atoms with E-state index >= 15 is 0 Å². The molecular weight excluding hydrogens is 308 g/mol. The lowest BCUT2D eigenvalue weighted by molar-refractivity contribution is 0.105. The van der Waals surface area contributed by atoms with Crippen molar-refractivity contribution in [2.24, 2.45) is 0 Å². The molecule has 0 fully saturated rings. The lowest BCUT2D eigenvalue weighted by atomic mass is 10.2. The van der Waals surface area contributed by atoms with E-state index in [0.29, 0.717) is 17.1 Å². The highest BCUT2D eigenvalue weighted by Crippen LogP contribution is 2.28. The first-order valence-corrected chi connectivity index (χ1v) is 7.51. The number of H-pyrrole nitrogens is 2. The summed E-state index contributed by atoms with van der Waals surface area (Å²) in [6.07, 6.45) is 0.908. The molecule has 0 amide bonds. The number of nitrogens with zero attached hydrogens (tertiary/aromatic N) is 2. The summed E-state index contributed by atoms with van der Waals surface area (Å²) in [6, 6.07) is 11.2. The monoisotopic (exact) mass is 322 g/mol. The maximum absolute atomic E-state index is 11.6. The molecule has 24 heavy (non-hydrogen) atoms. The van der Waals surface area contributed by atoms with E-state index in [9.17, 15) is 4.79 Å². The van der Waals surface area contributed by atoms with Gasteiger partial charge in [-0.25, -0.2) is 14.8 Å². The van der Waals surface area contributed by atoms with Gasteiger partial charge in [-0.1, -0.05) is 6.07 Å². The summed E-state index contributed by atoms with van der Waals surface area (Å²) in [7, 11) is 0. The largest absolute Gasteiger partial charge is 0.513 e. The second-order valence-electron chi connectivity index (χ2n) is 5.16. The molecule has 2 aromatic carbocycles. The predicted molar refractivity (Wildman–Crippen MR) is 88.8 cm³/mol. The molecule has 0 atom stereocenters. The molecule has 0 aliphatic rings. The summed E-state index contributed by atoms with van der Waals surface area (Å²) >= 11 is 0. The fourth-order valence-corrected chi connectivity index (χ4v) is 2.54. The molecule has 4 aromatic rings. The van der Waals surface area contributed by atoms with Crippen LogP contribution in [-0.4, -0.2) is 32.7 Å². The van der Waals surface area contributed by atoms with Crippen LogP contribution < -0.4 is 4.74 Å². The van der Waals surface area contributed by atoms with Gasteiger partial charge in [-0.3, -0.25) is 0 Å². The fraction of sp³-hybridized carbons (Fsp3) is 0.118. The van der Waals surface area contributed by atoms with Gasteiger partial charge in [0.1, 0.15) is 11.3 Å². The van der Waals surface area contributed by atoms with Gasteiger partial charge in [0.15, 0.2) is 5.75 Å². The number of fused-ring (bicyclic) bond motifs is 2. The molecule has 4 rings (SSSR count). The average Bonchev–Trinajstić information content (AvgIpc) is 3.21. The number of hydrogen-bond donors (Lipinski definition) is 2. The standard InChI is InChI=1S/C17H14N4O3/c1-2-23-17(22)24-14-5-3-4-12-15(14)21-16(20-12)10-6-7-11-13(8-10)19-9-18-11/h3-9H,2H2,1H3,(H,18,19)(H,20,21). The lowest BCUT2D eigenvalue weighted by Gasteiger charge is -2.03. The first kappa shape index (κ1) is 14.3. The van der Waals surface area contributed by atoms with Crippen LogP contribution in [0.4, 0.5) is 4.79 Å². The van der Waals surface area contributed by atoms with E-state index in [1.165, 1.54) is 0 Å². The number of aromatic nitrogens is 4. The fourth-order valence-electron chi connectivity index (χ4n) is 2.54. The molecule has 7 nitrogen and oxygen atoms in total. The van der Waals surface area contributed by atoms with Crippen LogP contribution in [0.3, 0.4) is 0 Å². The van der Waals surface area contributed by atoms with Gasteiger partial charge in [-0.05, 0) is 37.3 Å². The summed E-state index contributed by atoms with van der Waals surface area (Å²) in [5, 5.41) is 0. The number of carbonyl (C=O) groups excluding carboxylic acids is 1. The highest BCUT2D eigenvalue weighted by molar-refractivity contribution is 5.88. The van der Waals surface area contributed by atoms with Crippen LogP contribution in [-0.2, 0) is 4.74 Å². The van der Waals surface area contributed by atoms with Crippen molar-refractivity contribution in [2.45, 2.75) is 6.92 Å². The van der Waals surface area contributed by atoms with Gasteiger partial charge >= 0.3 is 6.16 Å². The number of carbonyl (C=O) groups is 1. The topological polar surface area (TPSA) is 92.9 Å². The van der Waals surface area contributed by atoms with Crippen molar-refractivity contribution in [3.63, 3.8) is 0 Å². The van der Waals surface area contributed by atoms with Crippen LogP contribution >= 0.6 is 0 Å². The number of nitrogens with one attached hydrogen (secondary N) is 2. The van der Waals surface area contributed by atoms with E-state index < -0.39 is 6.16 Å². The highest BCUT2D eigenvalue weighted by atomic mass is 16.7. The molecule has 0 saturated carbocycles. The third-order valence-electron chi connectivity index (χ3n) is 3.63. The summed E-state index contributed by atoms with van der Waals surface area (Å²) < 4.78 is 10.0. The van der Waals surface area contributed by atoms with Crippen molar-refractivity contribution < 1.29 is 14.3 Å². The Morgan fingerprint density at radius 1 is 1.21 bits per heavy atom. The lowest BCUT2D eigenvalue weighted by Crippen LogP contribution is -2.10. The minimum atomic E-state index is -0.743. The first-order chi connectivity index (χ1) is 11.7. The van der Waals surface area contributed by atoms with Crippen LogP contribution in [0.25, 0.3) is 33.5 Å². The van der Waals surface area contributed by atoms with E-state index in [1.807, 2.05) is 24.3 Å². The number of hydrogen-bond acceptors (Lipinski definition) is 5. The van der Waals surface area contributed by atoms with Crippen molar-refractivity contribution >= 4 is 28.2 Å². The molecule has 2 heterocycles. The Bertz CT molecular complexity index is 1030. The number of para-hydroxylation sites is 1. The van der Waals surface area contributed by atoms with E-state index in [1.54, 1.807) is 25.4 Å². The smallest absolute Gasteiger partial charge is 0.434 e. The number of benzene rings is 2. The summed E-state index contributed by atoms with van der Waals surface area (Å²) in [5.41, 5.74) is 4.06. The Morgan fingerprint density at radius 3 is 3.00 bits per heavy atom. The van der Waals surface area contributed by atoms with E-state index in [2.05, 4.69) is 19.9 Å². The van der Waals surface area contributed by atoms with Gasteiger partial charge in [-0.2, -0.15) is 0 Å². The molecule has 0 bridgehead atoms. The number of aromatic amines is 2. The van der Waals surface area contributed by atoms with Crippen LogP contribution in [0.5, 0.6) is 5.75 Å². The van der Waals surface area contributed by atoms with E-state index in [0.717, 1.165) is 22.1 Å². The summed E-state index contributed by atoms with van der Waals surface area (Å²) in [4.78, 5) is 26.7. The van der Waals surface area contributed by atoms with Crippen LogP contribution in [0.2, 0.25) is 0 Å². The Kier molecular flexibility index (Phi) is 3.38. The van der Waals surface area contributed by atoms with Gasteiger partial charge in [0.05, 0.1) is 29.5 Å². The molecule has 120 valence electrons. The minimum absolute atomic E-state index is 0.254. The Balaban J connectivity index is 1.76. The molecule has 0 saturated heterocycles. The highest BCUT2D eigenvalue weighted by Gasteiger charge is 2.13. The van der Waals surface area contributed by atoms with Gasteiger partial charge in [-0.15, -0.1) is 0 Å². The maximum atomic E-state index is 11.6. The third-order valence-corrected chi connectivity index (χ3v) is 3.63. The first-order valence-electron chi connectivity index (χ1n) is 7.51. The van der Waals surface area contributed by atoms with E-state index in [4.69, 9.17) is 9.47 Å². The molecule has 0 unspecified atom stereocenters. The number of rotatable bonds is 3. The molecule has 2 aromatic heterocycles. The minimum Gasteiger partial charge on any atom is -0.434 e. The maximum Gasteiger partial charge on any atom is 0.513 e. The second kappa shape index (κ2) is 5.69. The SMILES string of the molecule is CCOC(=O)Oc1cccc2[nH]c(-c3ccc4[nH]cnc4c3)nc12. The average molecular weight is 322 g/mol. The van der Waals surface area contributed by atoms with Crippen molar-refractivity contribution in [1.82, 2.24) is 19.9 Å². The Labute approximate surface area is 136 Å². The molecule has 7 heteroatoms. The van der Waals surface area contributed by atoms with Crippen LogP contribution in [0.15, 0.2) is 42.7 Å². The zero-order valence-electron chi connectivity index (χ0n) is 12.9. The Morgan fingerprint density at radius 2 is 2.12 bits per heavy atom. The second-order valence-corrected chi connectivity index (χ2v) is 5.16. The van der Waals surface area contributed by atoms with Crippen molar-refractivity contribution in [3.8, 4) is 17.1 Å². The van der Waals surface area contributed by atoms with Gasteiger partial charge < -0.3 is 19.4 Å². The number of imidazole rings is 2. The van der Waals surface area contributed by atoms with Crippen molar-refractivity contribution in [1.29, 1.82) is 0 Å². The third kappa shape index (κ3) is 2.45. The van der Waals surface area contributed by atoms with Crippen LogP contribution in [0, 0.1) is 0 Å². The normalized spacial score (nSPS) is 11.0. The zero-order chi connectivity index (χ0) is 16.5. The summed E-state index contributed by atoms with van der Waals surface area (Å²) in [6.45, 7) is 1.98. The quantitative estimate of drug-likeness (QED) is 0.444. The molecular formula is C17H14N4O3. The van der Waals surface area contributed by atoms with Crippen LogP contribution in [0.1, 0.15) is 6.92 Å². The van der Waals surface area contributed by atoms with Gasteiger partial charge in [0.25, 0.3) is 0 Å². The Hall–Kier alpha value is -3.35. The summed E-state index contributed by atoms with van der Waals surface area (Å²) in [5.74, 6) is 1.03. The van der Waals surface area contributed by atoms with Crippen molar-refractivity contribution in [3.05, 3.63) is 42.7 Å².